The molecule has 14 nitrogen and oxygen atoms in total. The Balaban J connectivity index is 1.28. The van der Waals surface area contributed by atoms with E-state index in [1.54, 1.807) is 6.92 Å². The Hall–Kier alpha value is -4.50. The molecule has 4 heterocycles. The van der Waals surface area contributed by atoms with Crippen molar-refractivity contribution in [2.24, 2.45) is 87.3 Å². The van der Waals surface area contributed by atoms with Crippen LogP contribution in [-0.2, 0) is 43.1 Å². The van der Waals surface area contributed by atoms with Gasteiger partial charge in [0.05, 0.1) is 41.3 Å². The highest BCUT2D eigenvalue weighted by Crippen LogP contribution is 2.74. The number of hydrogen-bond donors (Lipinski definition) is 5. The summed E-state index contributed by atoms with van der Waals surface area (Å²) in [5.74, 6) is -18.6. The lowest BCUT2D eigenvalue weighted by molar-refractivity contribution is -0.161. The van der Waals surface area contributed by atoms with E-state index in [4.69, 9.17) is 4.74 Å². The highest BCUT2D eigenvalue weighted by Gasteiger charge is 2.88. The molecule has 5 N–H and O–H groups in total. The van der Waals surface area contributed by atoms with Crippen molar-refractivity contribution >= 4 is 46.5 Å². The summed E-state index contributed by atoms with van der Waals surface area (Å²) in [5.41, 5.74) is -6.77. The number of allylic oxidation sites excluding steroid dienone is 8. The third kappa shape index (κ3) is 6.13. The van der Waals surface area contributed by atoms with E-state index in [0.29, 0.717) is 18.4 Å². The SMILES string of the molecule is CC1=C[C@@H]2/C=C(\C)CC[C@@H](O)C(=O)[C@H]3[C@H](C(=O)[C@]24C(=O)N[C@@H](CC(C)C)[C@@H]4[C@@H]1C)[C@H]1O[C@@H]3C2=C(C)C(=O)[C@@]3(O)C(=O)[C@]21[C@H]1C(=O)[C@@]24C(=O)N[C@@H](CC(C)C)[C@@H]2[C@H](C)C(C)=C[C@@H]4/C=C(\C)CC[C@@H](O)C(=O)[C@@H]13. The van der Waals surface area contributed by atoms with Crippen molar-refractivity contribution in [2.75, 3.05) is 0 Å². The molecule has 6 aliphatic carbocycles. The molecule has 10 aliphatic rings. The number of aliphatic hydroxyl groups is 3. The van der Waals surface area contributed by atoms with Crippen LogP contribution in [0.5, 0.6) is 0 Å². The second-order valence-electron chi connectivity index (χ2n) is 24.6. The predicted molar refractivity (Wildman–Crippen MR) is 258 cm³/mol. The first-order valence-corrected chi connectivity index (χ1v) is 26.3. The molecule has 0 aromatic heterocycles. The van der Waals surface area contributed by atoms with Crippen LogP contribution in [0.4, 0.5) is 0 Å². The minimum atomic E-state index is -3.26. The lowest BCUT2D eigenvalue weighted by Crippen LogP contribution is -2.65. The van der Waals surface area contributed by atoms with Gasteiger partial charge in [-0.2, -0.15) is 0 Å². The van der Waals surface area contributed by atoms with Crippen LogP contribution in [0, 0.1) is 87.3 Å². The topological polar surface area (TPSA) is 231 Å². The smallest absolute Gasteiger partial charge is 0.235 e. The molecule has 0 radical (unpaired) electrons. The fraction of sp³-hybridized carbons (Fsp3) is 0.684. The summed E-state index contributed by atoms with van der Waals surface area (Å²) in [6.07, 6.45) is 1.69. The third-order valence-electron chi connectivity index (χ3n) is 20.0. The van der Waals surface area contributed by atoms with Crippen LogP contribution in [0.2, 0.25) is 0 Å². The van der Waals surface area contributed by atoms with Crippen LogP contribution in [0.25, 0.3) is 0 Å². The molecule has 4 saturated heterocycles. The van der Waals surface area contributed by atoms with Gasteiger partial charge in [0, 0.05) is 35.8 Å². The summed E-state index contributed by atoms with van der Waals surface area (Å²) in [7, 11) is 0. The van der Waals surface area contributed by atoms with Gasteiger partial charge >= 0.3 is 0 Å². The summed E-state index contributed by atoms with van der Waals surface area (Å²) >= 11 is 0. The van der Waals surface area contributed by atoms with Gasteiger partial charge in [0.15, 0.2) is 40.3 Å². The fourth-order valence-corrected chi connectivity index (χ4v) is 17.0. The Morgan fingerprint density at radius 3 is 1.58 bits per heavy atom. The lowest BCUT2D eigenvalue weighted by atomic mass is 9.46. The van der Waals surface area contributed by atoms with E-state index in [0.717, 1.165) is 16.7 Å². The molecule has 382 valence electrons. The number of amides is 2. The first-order chi connectivity index (χ1) is 33.3. The number of aliphatic hydroxyl groups excluding tert-OH is 2. The molecule has 3 spiro atoms. The molecule has 0 aromatic carbocycles. The summed E-state index contributed by atoms with van der Waals surface area (Å²) in [4.78, 5) is 127. The summed E-state index contributed by atoms with van der Waals surface area (Å²) < 4.78 is 6.96. The lowest BCUT2D eigenvalue weighted by Gasteiger charge is -2.51. The van der Waals surface area contributed by atoms with E-state index in [9.17, 15) is 15.3 Å². The number of carbonyl (C=O) groups excluding carboxylic acids is 8. The monoisotopic (exact) mass is 977 g/mol. The Kier molecular flexibility index (Phi) is 11.6. The van der Waals surface area contributed by atoms with Crippen molar-refractivity contribution < 1.29 is 58.4 Å². The molecule has 20 atom stereocenters. The first kappa shape index (κ1) is 50.1. The third-order valence-corrected chi connectivity index (χ3v) is 20.0. The van der Waals surface area contributed by atoms with Gasteiger partial charge in [0.25, 0.3) is 0 Å². The molecule has 4 aliphatic heterocycles. The van der Waals surface area contributed by atoms with Crippen molar-refractivity contribution in [3.8, 4) is 0 Å². The number of nitrogens with one attached hydrogen (secondary N) is 2. The maximum absolute atomic E-state index is 17.2. The van der Waals surface area contributed by atoms with Crippen molar-refractivity contribution in [3.05, 3.63) is 57.7 Å². The van der Waals surface area contributed by atoms with Crippen molar-refractivity contribution in [1.29, 1.82) is 0 Å². The molecule has 10 rings (SSSR count). The minimum absolute atomic E-state index is 0.0489. The number of rotatable bonds is 4. The normalized spacial score (nSPS) is 48.7. The Bertz CT molecular complexity index is 2650. The molecular formula is C57H72N2O12. The first-order valence-electron chi connectivity index (χ1n) is 26.3. The number of hydrogen-bond acceptors (Lipinski definition) is 12. The van der Waals surface area contributed by atoms with Gasteiger partial charge in [0.1, 0.15) is 23.0 Å². The van der Waals surface area contributed by atoms with Gasteiger partial charge in [-0.3, -0.25) is 38.4 Å². The highest BCUT2D eigenvalue weighted by atomic mass is 16.5. The molecule has 4 bridgehead atoms. The fourth-order valence-electron chi connectivity index (χ4n) is 17.0. The second-order valence-corrected chi connectivity index (χ2v) is 24.6. The van der Waals surface area contributed by atoms with Gasteiger partial charge in [-0.25, -0.2) is 0 Å². The quantitative estimate of drug-likeness (QED) is 0.192. The summed E-state index contributed by atoms with van der Waals surface area (Å²) in [5, 5.41) is 43.5. The van der Waals surface area contributed by atoms with Crippen molar-refractivity contribution in [1.82, 2.24) is 10.6 Å². The maximum atomic E-state index is 17.2. The highest BCUT2D eigenvalue weighted by molar-refractivity contribution is 6.31. The minimum Gasteiger partial charge on any atom is -0.385 e. The number of ketones is 6. The molecule has 0 unspecified atom stereocenters. The number of Topliss-reactive ketones (excluding diaryl/α,β-unsaturated/α-hetero) is 6. The largest absolute Gasteiger partial charge is 0.385 e. The maximum Gasteiger partial charge on any atom is 0.235 e. The predicted octanol–water partition coefficient (Wildman–Crippen LogP) is 4.63. The number of fused-ring (bicyclic) bond motifs is 9. The molecule has 2 amide bonds. The Morgan fingerprint density at radius 1 is 0.634 bits per heavy atom. The Morgan fingerprint density at radius 2 is 1.10 bits per heavy atom. The molecule has 14 heteroatoms. The van der Waals surface area contributed by atoms with Crippen LogP contribution in [-0.4, -0.2) is 104 Å². The summed E-state index contributed by atoms with van der Waals surface area (Å²) in [6.45, 7) is 20.9. The number of ether oxygens (including phenoxy) is 1. The molecular weight excluding hydrogens is 905 g/mol. The zero-order valence-corrected chi connectivity index (χ0v) is 43.0. The van der Waals surface area contributed by atoms with Gasteiger partial charge < -0.3 is 30.7 Å². The van der Waals surface area contributed by atoms with Crippen LogP contribution < -0.4 is 10.6 Å². The average Bonchev–Trinajstić information content (AvgIpc) is 4.05. The van der Waals surface area contributed by atoms with Gasteiger partial charge in [-0.15, -0.1) is 0 Å². The molecule has 0 aromatic rings. The standard InChI is InChI=1S/C57H72N2O12/c1-22(2)16-33-39-28(9)26(7)20-31-18-24(5)12-14-35(60)44(62)37-38(48(65)54(31,39)52(68)58-33)50-56-41(46(37)71-50)30(11)47(64)57(70,51(56)67)42-43(56)49(66)55-32(19-25(6)13-15-36(61)45(42)63)21-27(8)29(10)40(55)34(17-23(3)4)59-53(55)69/h18-23,28-29,31-40,42-43,46,50,60-61,70H,12-17H2,1-11H3,(H,58,68)(H,59,69)/b24-18+,25-19+/t28-,29-,31+,32+,33+,34+,35-,36-,37-,38-,39+,40+,42-,43-,46+,50-,54+,55+,56+,57-/m1/s1. The van der Waals surface area contributed by atoms with E-state index in [1.165, 1.54) is 6.92 Å². The van der Waals surface area contributed by atoms with Gasteiger partial charge in [0.2, 0.25) is 11.8 Å². The number of carbonyl (C=O) groups is 8. The van der Waals surface area contributed by atoms with Crippen molar-refractivity contribution in [2.45, 2.75) is 157 Å². The second kappa shape index (κ2) is 16.5. The Labute approximate surface area is 416 Å². The van der Waals surface area contributed by atoms with Gasteiger partial charge in [-0.05, 0) is 108 Å². The van der Waals surface area contributed by atoms with Crippen LogP contribution in [0.15, 0.2) is 57.7 Å². The zero-order chi connectivity index (χ0) is 51.7. The average molecular weight is 977 g/mol. The van der Waals surface area contributed by atoms with Crippen LogP contribution >= 0.6 is 0 Å². The van der Waals surface area contributed by atoms with Gasteiger partial charge in [-0.1, -0.05) is 88.1 Å². The van der Waals surface area contributed by atoms with E-state index in [1.807, 2.05) is 86.6 Å². The van der Waals surface area contributed by atoms with E-state index >= 15 is 38.4 Å². The van der Waals surface area contributed by atoms with E-state index in [2.05, 4.69) is 10.6 Å². The molecule has 1 saturated carbocycles. The molecule has 71 heavy (non-hydrogen) atoms. The van der Waals surface area contributed by atoms with Crippen molar-refractivity contribution in [3.63, 3.8) is 0 Å². The van der Waals surface area contributed by atoms with E-state index < -0.39 is 158 Å². The van der Waals surface area contributed by atoms with Crippen LogP contribution in [0.1, 0.15) is 115 Å². The molecule has 5 fully saturated rings. The summed E-state index contributed by atoms with van der Waals surface area (Å²) in [6, 6.07) is -1.05. The van der Waals surface area contributed by atoms with E-state index in [-0.39, 0.29) is 54.6 Å². The zero-order valence-electron chi connectivity index (χ0n) is 43.0. The van der Waals surface area contributed by atoms with Crippen LogP contribution in [0.3, 0.4) is 0 Å².